The molecule has 1 aliphatic carbocycles. The fourth-order valence-corrected chi connectivity index (χ4v) is 3.58. The Morgan fingerprint density at radius 1 is 1.00 bits per heavy atom. The monoisotopic (exact) mass is 322 g/mol. The molecule has 0 atom stereocenters. The van der Waals surface area contributed by atoms with E-state index in [2.05, 4.69) is 13.5 Å². The molecule has 126 valence electrons. The van der Waals surface area contributed by atoms with Crippen LogP contribution in [-0.2, 0) is 9.47 Å². The molecule has 0 spiro atoms. The number of ether oxygens (including phenoxy) is 2. The standard InChI is InChI=1S/C19H24F2O2/c1-12-3-5-14(6-4-12)16-10-22-19(23-11-16)13(2)15-7-8-17(20)18(21)9-15/h7-9,12,14,16,19H,2-6,10-11H2,1H3. The molecular formula is C19H24F2O2. The predicted octanol–water partition coefficient (Wildman–Crippen LogP) is 4.79. The molecule has 2 fully saturated rings. The van der Waals surface area contributed by atoms with Gasteiger partial charge in [-0.25, -0.2) is 8.78 Å². The topological polar surface area (TPSA) is 18.5 Å². The van der Waals surface area contributed by atoms with Crippen molar-refractivity contribution < 1.29 is 18.3 Å². The van der Waals surface area contributed by atoms with Gasteiger partial charge in [-0.05, 0) is 42.4 Å². The third-order valence-electron chi connectivity index (χ3n) is 5.23. The summed E-state index contributed by atoms with van der Waals surface area (Å²) < 4.78 is 38.0. The second-order valence-corrected chi connectivity index (χ2v) is 6.93. The van der Waals surface area contributed by atoms with Crippen LogP contribution in [-0.4, -0.2) is 19.5 Å². The van der Waals surface area contributed by atoms with Crippen molar-refractivity contribution in [3.05, 3.63) is 42.0 Å². The summed E-state index contributed by atoms with van der Waals surface area (Å²) in [5, 5.41) is 0. The molecule has 4 heteroatoms. The maximum Gasteiger partial charge on any atom is 0.183 e. The zero-order chi connectivity index (χ0) is 16.4. The molecule has 1 heterocycles. The molecule has 1 saturated heterocycles. The first-order valence-corrected chi connectivity index (χ1v) is 8.42. The average Bonchev–Trinajstić information content (AvgIpc) is 2.57. The van der Waals surface area contributed by atoms with E-state index >= 15 is 0 Å². The van der Waals surface area contributed by atoms with Crippen LogP contribution >= 0.6 is 0 Å². The van der Waals surface area contributed by atoms with E-state index in [1.165, 1.54) is 31.7 Å². The Kier molecular flexibility index (Phi) is 5.12. The minimum Gasteiger partial charge on any atom is -0.348 e. The molecule has 1 aromatic rings. The van der Waals surface area contributed by atoms with Crippen molar-refractivity contribution in [1.29, 1.82) is 0 Å². The van der Waals surface area contributed by atoms with E-state index < -0.39 is 17.9 Å². The van der Waals surface area contributed by atoms with Gasteiger partial charge in [0.2, 0.25) is 0 Å². The van der Waals surface area contributed by atoms with Gasteiger partial charge in [0.25, 0.3) is 0 Å². The van der Waals surface area contributed by atoms with Gasteiger partial charge < -0.3 is 9.47 Å². The lowest BCUT2D eigenvalue weighted by molar-refractivity contribution is -0.180. The highest BCUT2D eigenvalue weighted by Gasteiger charge is 2.32. The van der Waals surface area contributed by atoms with Gasteiger partial charge in [0, 0.05) is 11.5 Å². The summed E-state index contributed by atoms with van der Waals surface area (Å²) in [6, 6.07) is 3.74. The number of hydrogen-bond donors (Lipinski definition) is 0. The molecule has 1 saturated carbocycles. The third kappa shape index (κ3) is 3.81. The molecule has 0 aromatic heterocycles. The van der Waals surface area contributed by atoms with Gasteiger partial charge in [0.05, 0.1) is 13.2 Å². The fraction of sp³-hybridized carbons (Fsp3) is 0.579. The highest BCUT2D eigenvalue weighted by molar-refractivity contribution is 5.65. The van der Waals surface area contributed by atoms with Crippen molar-refractivity contribution in [1.82, 2.24) is 0 Å². The van der Waals surface area contributed by atoms with Crippen molar-refractivity contribution >= 4 is 5.57 Å². The molecule has 2 aliphatic rings. The Morgan fingerprint density at radius 2 is 1.65 bits per heavy atom. The highest BCUT2D eigenvalue weighted by atomic mass is 19.2. The zero-order valence-electron chi connectivity index (χ0n) is 13.6. The van der Waals surface area contributed by atoms with Gasteiger partial charge in [-0.3, -0.25) is 0 Å². The maximum atomic E-state index is 13.3. The summed E-state index contributed by atoms with van der Waals surface area (Å²) in [6.07, 6.45) is 4.48. The van der Waals surface area contributed by atoms with Crippen LogP contribution in [0.2, 0.25) is 0 Å². The van der Waals surface area contributed by atoms with Crippen LogP contribution in [0.25, 0.3) is 5.57 Å². The predicted molar refractivity (Wildman–Crippen MR) is 85.7 cm³/mol. The maximum absolute atomic E-state index is 13.3. The molecular weight excluding hydrogens is 298 g/mol. The van der Waals surface area contributed by atoms with E-state index in [1.807, 2.05) is 0 Å². The zero-order valence-corrected chi connectivity index (χ0v) is 13.6. The molecule has 1 aliphatic heterocycles. The Labute approximate surface area is 136 Å². The normalized spacial score (nSPS) is 31.8. The number of hydrogen-bond acceptors (Lipinski definition) is 2. The molecule has 3 rings (SSSR count). The van der Waals surface area contributed by atoms with Gasteiger partial charge in [-0.1, -0.05) is 32.4 Å². The van der Waals surface area contributed by atoms with Crippen molar-refractivity contribution in [2.75, 3.05) is 13.2 Å². The van der Waals surface area contributed by atoms with Crippen molar-refractivity contribution in [2.45, 2.75) is 38.9 Å². The Hall–Kier alpha value is -1.26. The number of benzene rings is 1. The van der Waals surface area contributed by atoms with Crippen LogP contribution in [0.15, 0.2) is 24.8 Å². The summed E-state index contributed by atoms with van der Waals surface area (Å²) in [6.45, 7) is 7.53. The summed E-state index contributed by atoms with van der Waals surface area (Å²) in [7, 11) is 0. The minimum atomic E-state index is -0.881. The molecule has 0 N–H and O–H groups in total. The third-order valence-corrected chi connectivity index (χ3v) is 5.23. The first kappa shape index (κ1) is 16.6. The van der Waals surface area contributed by atoms with Crippen LogP contribution < -0.4 is 0 Å². The van der Waals surface area contributed by atoms with Crippen molar-refractivity contribution in [2.24, 2.45) is 17.8 Å². The van der Waals surface area contributed by atoms with Crippen LogP contribution in [0.5, 0.6) is 0 Å². The lowest BCUT2D eigenvalue weighted by Crippen LogP contribution is -2.37. The van der Waals surface area contributed by atoms with Gasteiger partial charge in [-0.2, -0.15) is 0 Å². The van der Waals surface area contributed by atoms with E-state index in [0.29, 0.717) is 36.2 Å². The van der Waals surface area contributed by atoms with Gasteiger partial charge in [-0.15, -0.1) is 0 Å². The highest BCUT2D eigenvalue weighted by Crippen LogP contribution is 2.36. The summed E-state index contributed by atoms with van der Waals surface area (Å²) in [5.74, 6) is 0.185. The lowest BCUT2D eigenvalue weighted by atomic mass is 9.76. The Morgan fingerprint density at radius 3 is 2.26 bits per heavy atom. The van der Waals surface area contributed by atoms with E-state index in [9.17, 15) is 8.78 Å². The number of rotatable bonds is 3. The average molecular weight is 322 g/mol. The van der Waals surface area contributed by atoms with E-state index in [4.69, 9.17) is 9.47 Å². The second-order valence-electron chi connectivity index (χ2n) is 6.93. The molecule has 23 heavy (non-hydrogen) atoms. The van der Waals surface area contributed by atoms with Gasteiger partial charge in [0.1, 0.15) is 0 Å². The number of halogens is 2. The minimum absolute atomic E-state index is 0.427. The molecule has 0 unspecified atom stereocenters. The first-order chi connectivity index (χ1) is 11.0. The summed E-state index contributed by atoms with van der Waals surface area (Å²) in [5.41, 5.74) is 1.05. The summed E-state index contributed by atoms with van der Waals surface area (Å²) >= 11 is 0. The summed E-state index contributed by atoms with van der Waals surface area (Å²) in [4.78, 5) is 0. The van der Waals surface area contributed by atoms with Crippen LogP contribution in [0.1, 0.15) is 38.2 Å². The molecule has 2 nitrogen and oxygen atoms in total. The lowest BCUT2D eigenvalue weighted by Gasteiger charge is -2.37. The van der Waals surface area contributed by atoms with Gasteiger partial charge >= 0.3 is 0 Å². The van der Waals surface area contributed by atoms with Crippen LogP contribution in [0, 0.1) is 29.4 Å². The van der Waals surface area contributed by atoms with Crippen LogP contribution in [0.4, 0.5) is 8.78 Å². The van der Waals surface area contributed by atoms with Crippen molar-refractivity contribution in [3.8, 4) is 0 Å². The SMILES string of the molecule is C=C(c1ccc(F)c(F)c1)C1OCC(C2CCC(C)CC2)CO1. The second kappa shape index (κ2) is 7.10. The van der Waals surface area contributed by atoms with E-state index in [1.54, 1.807) is 0 Å². The van der Waals surface area contributed by atoms with Gasteiger partial charge in [0.15, 0.2) is 17.9 Å². The van der Waals surface area contributed by atoms with Crippen LogP contribution in [0.3, 0.4) is 0 Å². The van der Waals surface area contributed by atoms with Crippen molar-refractivity contribution in [3.63, 3.8) is 0 Å². The smallest absolute Gasteiger partial charge is 0.183 e. The quantitative estimate of drug-likeness (QED) is 0.796. The largest absolute Gasteiger partial charge is 0.348 e. The Bertz CT molecular complexity index is 556. The molecule has 0 radical (unpaired) electrons. The molecule has 0 bridgehead atoms. The van der Waals surface area contributed by atoms with E-state index in [-0.39, 0.29) is 0 Å². The Balaban J connectivity index is 1.56. The first-order valence-electron chi connectivity index (χ1n) is 8.42. The fourth-order valence-electron chi connectivity index (χ4n) is 3.58. The van der Waals surface area contributed by atoms with E-state index in [0.717, 1.165) is 18.1 Å². The molecule has 1 aromatic carbocycles. The molecule has 0 amide bonds.